The lowest BCUT2D eigenvalue weighted by Crippen LogP contribution is -2.61. The summed E-state index contributed by atoms with van der Waals surface area (Å²) in [5, 5.41) is 34.2. The van der Waals surface area contributed by atoms with Gasteiger partial charge in [0.1, 0.15) is 29.6 Å². The standard InChI is InChI=1S/C21H31N4O10P/c1-12(2)33-18(28)13(3)24-36(31,35-14-8-6-5-7-9-14)32-11-15-17(27)21(4,30)19(34-15)25-20(29)23-16(26)10-22-25/h5-9,12-13,15,17,19,22,27,30H,10-11H2,1-4H3,(H,24,31)(H,23,26,29)/t13-,15+,17+,19+,21+,36-/m0/s1/i10D/t10?,13-,15+,17+,19+,21+,36-. The van der Waals surface area contributed by atoms with Gasteiger partial charge in [0.15, 0.2) is 6.23 Å². The molecule has 0 radical (unpaired) electrons. The van der Waals surface area contributed by atoms with Gasteiger partial charge in [0.2, 0.25) is 5.90 Å². The predicted molar refractivity (Wildman–Crippen MR) is 125 cm³/mol. The Morgan fingerprint density at radius 3 is 2.72 bits per heavy atom. The minimum atomic E-state index is -4.30. The zero-order valence-electron chi connectivity index (χ0n) is 21.1. The smallest absolute Gasteiger partial charge is 0.459 e. The fourth-order valence-corrected chi connectivity index (χ4v) is 4.90. The highest BCUT2D eigenvalue weighted by Crippen LogP contribution is 2.46. The van der Waals surface area contributed by atoms with E-state index < -0.39 is 75.0 Å². The Kier molecular flexibility index (Phi) is 8.25. The van der Waals surface area contributed by atoms with Gasteiger partial charge < -0.3 is 29.3 Å². The fourth-order valence-electron chi connectivity index (χ4n) is 3.39. The first-order valence-corrected chi connectivity index (χ1v) is 12.6. The molecule has 3 rings (SSSR count). The van der Waals surface area contributed by atoms with Crippen molar-refractivity contribution in [1.82, 2.24) is 15.5 Å². The van der Waals surface area contributed by atoms with Crippen molar-refractivity contribution in [3.05, 3.63) is 30.3 Å². The number of aliphatic imine (C=N–C) groups is 1. The lowest BCUT2D eigenvalue weighted by atomic mass is 9.96. The molecular formula is C21H31N4O10P. The number of aliphatic hydroxyl groups excluding tert-OH is 2. The van der Waals surface area contributed by atoms with E-state index in [1.54, 1.807) is 32.0 Å². The molecule has 1 fully saturated rings. The summed E-state index contributed by atoms with van der Waals surface area (Å²) in [6.07, 6.45) is -4.99. The normalized spacial score (nSPS) is 31.4. The summed E-state index contributed by atoms with van der Waals surface area (Å²) in [5.74, 6) is -1.34. The Morgan fingerprint density at radius 1 is 1.42 bits per heavy atom. The van der Waals surface area contributed by atoms with Gasteiger partial charge in [-0.15, -0.1) is 0 Å². The molecule has 15 heteroatoms. The van der Waals surface area contributed by atoms with Gasteiger partial charge in [-0.25, -0.2) is 19.8 Å². The summed E-state index contributed by atoms with van der Waals surface area (Å²) < 4.78 is 43.1. The number of ether oxygens (including phenoxy) is 2. The van der Waals surface area contributed by atoms with Crippen molar-refractivity contribution in [2.75, 3.05) is 13.1 Å². The molecule has 2 aliphatic heterocycles. The maximum Gasteiger partial charge on any atom is 0.459 e. The molecule has 0 aromatic heterocycles. The quantitative estimate of drug-likeness (QED) is 0.212. The second-order valence-electron chi connectivity index (χ2n) is 8.63. The molecule has 2 heterocycles. The number of carbonyl (C=O) groups is 2. The van der Waals surface area contributed by atoms with Crippen molar-refractivity contribution in [2.45, 2.75) is 63.9 Å². The summed E-state index contributed by atoms with van der Waals surface area (Å²) in [4.78, 5) is 27.8. The molecule has 1 unspecified atom stereocenters. The van der Waals surface area contributed by atoms with E-state index in [0.29, 0.717) is 5.01 Å². The van der Waals surface area contributed by atoms with Gasteiger partial charge in [-0.05, 0) is 39.8 Å². The van der Waals surface area contributed by atoms with Crippen molar-refractivity contribution in [3.8, 4) is 5.75 Å². The number of esters is 1. The molecule has 1 saturated heterocycles. The van der Waals surface area contributed by atoms with E-state index in [1.165, 1.54) is 26.0 Å². The third-order valence-electron chi connectivity index (χ3n) is 5.17. The molecule has 200 valence electrons. The van der Waals surface area contributed by atoms with Crippen LogP contribution in [0.1, 0.15) is 29.1 Å². The molecule has 36 heavy (non-hydrogen) atoms. The first-order valence-electron chi connectivity index (χ1n) is 11.6. The lowest BCUT2D eigenvalue weighted by Gasteiger charge is -2.35. The number of benzene rings is 1. The van der Waals surface area contributed by atoms with Crippen molar-refractivity contribution in [3.63, 3.8) is 0 Å². The van der Waals surface area contributed by atoms with Crippen molar-refractivity contribution < 1.29 is 49.4 Å². The van der Waals surface area contributed by atoms with Gasteiger partial charge in [-0.1, -0.05) is 18.2 Å². The minimum Gasteiger partial charge on any atom is -0.495 e. The molecule has 0 saturated carbocycles. The van der Waals surface area contributed by atoms with Crippen molar-refractivity contribution >= 4 is 25.6 Å². The summed E-state index contributed by atoms with van der Waals surface area (Å²) in [5.41, 5.74) is 0.211. The molecule has 0 aliphatic carbocycles. The lowest BCUT2D eigenvalue weighted by molar-refractivity contribution is -0.149. The highest BCUT2D eigenvalue weighted by molar-refractivity contribution is 7.52. The molecule has 5 N–H and O–H groups in total. The molecule has 1 aromatic carbocycles. The van der Waals surface area contributed by atoms with E-state index in [-0.39, 0.29) is 5.75 Å². The van der Waals surface area contributed by atoms with Crippen LogP contribution in [0, 0.1) is 0 Å². The van der Waals surface area contributed by atoms with Crippen LogP contribution in [-0.2, 0) is 23.4 Å². The summed E-state index contributed by atoms with van der Waals surface area (Å²) in [6, 6.07) is 5.80. The molecule has 2 aliphatic rings. The topological polar surface area (TPSA) is 188 Å². The summed E-state index contributed by atoms with van der Waals surface area (Å²) in [6.45, 7) is 3.76. The summed E-state index contributed by atoms with van der Waals surface area (Å²) in [7, 11) is -4.30. The van der Waals surface area contributed by atoms with Gasteiger partial charge in [-0.3, -0.25) is 9.32 Å². The molecular weight excluding hydrogens is 499 g/mol. The number of hydrogen-bond donors (Lipinski definition) is 5. The third kappa shape index (κ3) is 6.59. The molecule has 14 nitrogen and oxygen atoms in total. The average molecular weight is 531 g/mol. The number of carbonyl (C=O) groups excluding carboxylic acids is 2. The highest BCUT2D eigenvalue weighted by Gasteiger charge is 2.56. The zero-order chi connectivity index (χ0) is 27.5. The van der Waals surface area contributed by atoms with Gasteiger partial charge in [0, 0.05) is 0 Å². The molecule has 2 amide bonds. The number of para-hydroxylation sites is 1. The van der Waals surface area contributed by atoms with Crippen LogP contribution in [0.4, 0.5) is 4.79 Å². The molecule has 1 aromatic rings. The Morgan fingerprint density at radius 2 is 2.08 bits per heavy atom. The van der Waals surface area contributed by atoms with E-state index in [0.717, 1.165) is 0 Å². The van der Waals surface area contributed by atoms with E-state index >= 15 is 0 Å². The monoisotopic (exact) mass is 531 g/mol. The van der Waals surface area contributed by atoms with Crippen LogP contribution in [0.5, 0.6) is 5.75 Å². The predicted octanol–water partition coefficient (Wildman–Crippen LogP) is 0.853. The summed E-state index contributed by atoms with van der Waals surface area (Å²) >= 11 is 0. The molecule has 0 bridgehead atoms. The Balaban J connectivity index is 1.76. The van der Waals surface area contributed by atoms with Gasteiger partial charge in [-0.2, -0.15) is 10.1 Å². The van der Waals surface area contributed by atoms with Gasteiger partial charge in [0.25, 0.3) is 0 Å². The second kappa shape index (κ2) is 11.2. The fraction of sp³-hybridized carbons (Fsp3) is 0.571. The van der Waals surface area contributed by atoms with Crippen molar-refractivity contribution in [1.29, 1.82) is 0 Å². The Labute approximate surface area is 209 Å². The first kappa shape index (κ1) is 26.5. The SMILES string of the molecule is [2H]C1NN([C@@H]2O[C@H](CO[P@@](=O)(N[C@@H](C)C(=O)OC(C)C)Oc3ccccc3)[C@@H](O)[C@@]2(C)O)C(=O)N=C1O. The van der Waals surface area contributed by atoms with Gasteiger partial charge in [0.05, 0.1) is 20.6 Å². The highest BCUT2D eigenvalue weighted by atomic mass is 31.2. The minimum absolute atomic E-state index is 0.155. The number of amides is 2. The number of urea groups is 1. The van der Waals surface area contributed by atoms with Crippen molar-refractivity contribution in [2.24, 2.45) is 4.99 Å². The Bertz CT molecular complexity index is 1060. The van der Waals surface area contributed by atoms with Crippen LogP contribution in [0.25, 0.3) is 0 Å². The van der Waals surface area contributed by atoms with Crippen LogP contribution < -0.4 is 15.0 Å². The van der Waals surface area contributed by atoms with E-state index in [4.69, 9.17) is 19.9 Å². The zero-order valence-corrected chi connectivity index (χ0v) is 21.0. The number of hydrazine groups is 1. The van der Waals surface area contributed by atoms with E-state index in [2.05, 4.69) is 15.5 Å². The molecule has 7 atom stereocenters. The first-order chi connectivity index (χ1) is 17.2. The maximum absolute atomic E-state index is 13.6. The van der Waals surface area contributed by atoms with Crippen LogP contribution >= 0.6 is 7.75 Å². The number of nitrogens with zero attached hydrogens (tertiary/aromatic N) is 2. The average Bonchev–Trinajstić information content (AvgIpc) is 3.03. The number of aliphatic hydroxyl groups is 3. The van der Waals surface area contributed by atoms with Crippen LogP contribution in [0.3, 0.4) is 0 Å². The largest absolute Gasteiger partial charge is 0.495 e. The van der Waals surface area contributed by atoms with E-state index in [1.807, 2.05) is 0 Å². The van der Waals surface area contributed by atoms with E-state index in [9.17, 15) is 29.5 Å². The van der Waals surface area contributed by atoms with Gasteiger partial charge >= 0.3 is 19.7 Å². The molecule has 0 spiro atoms. The third-order valence-corrected chi connectivity index (χ3v) is 6.82. The maximum atomic E-state index is 13.6. The number of hydrogen-bond acceptors (Lipinski definition) is 10. The van der Waals surface area contributed by atoms with Crippen LogP contribution in [0.2, 0.25) is 0 Å². The van der Waals surface area contributed by atoms with Crippen LogP contribution in [0.15, 0.2) is 35.3 Å². The number of nitrogens with one attached hydrogen (secondary N) is 2. The number of rotatable bonds is 10. The van der Waals surface area contributed by atoms with Crippen LogP contribution in [-0.4, -0.2) is 87.5 Å². The second-order valence-corrected chi connectivity index (χ2v) is 10.3. The Hall–Kier alpha value is -2.58.